The lowest BCUT2D eigenvalue weighted by Crippen LogP contribution is -2.66. The number of hydrogen-bond acceptors (Lipinski definition) is 12. The van der Waals surface area contributed by atoms with Crippen LogP contribution in [0.3, 0.4) is 0 Å². The van der Waals surface area contributed by atoms with E-state index in [9.17, 15) is 5.11 Å². The lowest BCUT2D eigenvalue weighted by Gasteiger charge is -2.49. The zero-order valence-corrected chi connectivity index (χ0v) is 39.7. The third-order valence-corrected chi connectivity index (χ3v) is 12.2. The van der Waals surface area contributed by atoms with Gasteiger partial charge in [-0.25, -0.2) is 0 Å². The summed E-state index contributed by atoms with van der Waals surface area (Å²) in [5, 5.41) is 16.0. The molecule has 372 valence electrons. The zero-order valence-electron chi connectivity index (χ0n) is 39.7. The second-order valence-electron chi connectivity index (χ2n) is 17.4. The molecule has 2 saturated heterocycles. The van der Waals surface area contributed by atoms with Crippen molar-refractivity contribution in [3.8, 4) is 0 Å². The number of rotatable bonds is 27. The summed E-state index contributed by atoms with van der Waals surface area (Å²) in [6.07, 6.45) is -9.31. The molecular weight excluding hydrogens is 903 g/mol. The van der Waals surface area contributed by atoms with Gasteiger partial charge < -0.3 is 52.5 Å². The fourth-order valence-corrected chi connectivity index (χ4v) is 8.52. The van der Waals surface area contributed by atoms with Crippen molar-refractivity contribution in [3.63, 3.8) is 0 Å². The molecule has 14 nitrogen and oxygen atoms in total. The Balaban J connectivity index is 1.17. The molecule has 0 spiro atoms. The quantitative estimate of drug-likeness (QED) is 0.0227. The van der Waals surface area contributed by atoms with E-state index in [4.69, 9.17) is 52.9 Å². The molecule has 0 radical (unpaired) electrons. The Hall–Kier alpha value is -5.81. The molecule has 10 atom stereocenters. The standard InChI is InChI=1S/C57H63N3O11/c58-60-59-32-19-33-64-56-55(68-39-47-30-17-6-18-31-47)53(66-37-45-26-13-4-14-27-45)51(49(70-56)41-63-35-43-22-9-2-10-23-43)71-57-54(67-38-46-28-15-5-16-29-46)52(65-36-44-24-11-3-12-25-44)50(61)48(69-57)40-62-34-42-20-7-1-8-21-42/h1-18,20-31,48-57,61H,19,32-41H2/t48?,49-,50+,51-,52+,53?,54?,55?,56+,57+/m1/s1. The van der Waals surface area contributed by atoms with Gasteiger partial charge in [0.05, 0.1) is 52.9 Å². The molecule has 4 unspecified atom stereocenters. The molecule has 1 N–H and O–H groups in total. The van der Waals surface area contributed by atoms with E-state index in [1.165, 1.54) is 0 Å². The molecule has 6 aromatic carbocycles. The average molecular weight is 966 g/mol. The van der Waals surface area contributed by atoms with Crippen LogP contribution in [-0.2, 0) is 87.0 Å². The van der Waals surface area contributed by atoms with Gasteiger partial charge in [-0.05, 0) is 45.3 Å². The van der Waals surface area contributed by atoms with Gasteiger partial charge in [0.1, 0.15) is 48.8 Å². The van der Waals surface area contributed by atoms with E-state index in [2.05, 4.69) is 10.0 Å². The van der Waals surface area contributed by atoms with E-state index in [1.54, 1.807) is 0 Å². The molecule has 0 aliphatic carbocycles. The monoisotopic (exact) mass is 965 g/mol. The number of aliphatic hydroxyl groups excluding tert-OH is 1. The lowest BCUT2D eigenvalue weighted by molar-refractivity contribution is -0.375. The molecule has 14 heteroatoms. The van der Waals surface area contributed by atoms with Crippen molar-refractivity contribution in [2.75, 3.05) is 26.4 Å². The number of hydrogen-bond donors (Lipinski definition) is 1. The minimum atomic E-state index is -1.20. The second-order valence-corrected chi connectivity index (χ2v) is 17.4. The molecule has 2 aliphatic heterocycles. The van der Waals surface area contributed by atoms with Crippen LogP contribution in [0.25, 0.3) is 10.4 Å². The summed E-state index contributed by atoms with van der Waals surface area (Å²) < 4.78 is 67.8. The van der Waals surface area contributed by atoms with E-state index in [1.807, 2.05) is 182 Å². The summed E-state index contributed by atoms with van der Waals surface area (Å²) in [4.78, 5) is 2.91. The number of aliphatic hydroxyl groups is 1. The normalized spacial score (nSPS) is 24.2. The first-order chi connectivity index (χ1) is 35.1. The maximum Gasteiger partial charge on any atom is 0.187 e. The first-order valence-electron chi connectivity index (χ1n) is 24.2. The van der Waals surface area contributed by atoms with Crippen LogP contribution in [0.4, 0.5) is 0 Å². The highest BCUT2D eigenvalue weighted by molar-refractivity contribution is 5.18. The zero-order chi connectivity index (χ0) is 48.7. The summed E-state index contributed by atoms with van der Waals surface area (Å²) in [6, 6.07) is 58.9. The Bertz CT molecular complexity index is 2430. The molecule has 2 aliphatic rings. The van der Waals surface area contributed by atoms with Crippen LogP contribution in [0.15, 0.2) is 187 Å². The molecule has 71 heavy (non-hydrogen) atoms. The molecule has 8 rings (SSSR count). The minimum Gasteiger partial charge on any atom is -0.387 e. The van der Waals surface area contributed by atoms with E-state index in [-0.39, 0.29) is 52.8 Å². The van der Waals surface area contributed by atoms with Crippen molar-refractivity contribution >= 4 is 0 Å². The smallest absolute Gasteiger partial charge is 0.187 e. The predicted molar refractivity (Wildman–Crippen MR) is 265 cm³/mol. The van der Waals surface area contributed by atoms with E-state index >= 15 is 0 Å². The molecule has 0 amide bonds. The highest BCUT2D eigenvalue weighted by atomic mass is 16.8. The van der Waals surface area contributed by atoms with Gasteiger partial charge in [-0.1, -0.05) is 187 Å². The predicted octanol–water partition coefficient (Wildman–Crippen LogP) is 9.67. The van der Waals surface area contributed by atoms with E-state index in [0.717, 1.165) is 33.4 Å². The van der Waals surface area contributed by atoms with Crippen molar-refractivity contribution in [1.82, 2.24) is 0 Å². The second kappa shape index (κ2) is 28.3. The summed E-state index contributed by atoms with van der Waals surface area (Å²) in [5.74, 6) is 0. The number of ether oxygens (including phenoxy) is 10. The van der Waals surface area contributed by atoms with Gasteiger partial charge in [0, 0.05) is 18.1 Å². The van der Waals surface area contributed by atoms with Crippen LogP contribution in [0, 0.1) is 0 Å². The molecule has 0 bridgehead atoms. The van der Waals surface area contributed by atoms with Crippen LogP contribution < -0.4 is 0 Å². The fourth-order valence-electron chi connectivity index (χ4n) is 8.52. The summed E-state index contributed by atoms with van der Waals surface area (Å²) in [7, 11) is 0. The Kier molecular flexibility index (Phi) is 20.5. The maximum absolute atomic E-state index is 12.3. The molecule has 2 heterocycles. The van der Waals surface area contributed by atoms with Crippen molar-refractivity contribution in [1.29, 1.82) is 0 Å². The average Bonchev–Trinajstić information content (AvgIpc) is 3.42. The van der Waals surface area contributed by atoms with Gasteiger partial charge >= 0.3 is 0 Å². The fraction of sp³-hybridized carbons (Fsp3) is 0.368. The molecular formula is C57H63N3O11. The van der Waals surface area contributed by atoms with Crippen LogP contribution in [0.5, 0.6) is 0 Å². The summed E-state index contributed by atoms with van der Waals surface area (Å²) in [6.45, 7) is 1.82. The Morgan fingerprint density at radius 3 is 1.23 bits per heavy atom. The van der Waals surface area contributed by atoms with Crippen LogP contribution in [0.1, 0.15) is 39.8 Å². The highest BCUT2D eigenvalue weighted by Gasteiger charge is 2.54. The van der Waals surface area contributed by atoms with Gasteiger partial charge in [-0.3, -0.25) is 0 Å². The minimum absolute atomic E-state index is 0.0137. The number of azide groups is 1. The Morgan fingerprint density at radius 1 is 0.423 bits per heavy atom. The van der Waals surface area contributed by atoms with Crippen molar-refractivity contribution in [2.24, 2.45) is 5.11 Å². The third kappa shape index (κ3) is 15.8. The first-order valence-corrected chi connectivity index (χ1v) is 24.2. The molecule has 0 saturated carbocycles. The maximum atomic E-state index is 12.3. The first kappa shape index (κ1) is 51.5. The molecule has 6 aromatic rings. The molecule has 2 fully saturated rings. The highest BCUT2D eigenvalue weighted by Crippen LogP contribution is 2.36. The van der Waals surface area contributed by atoms with Crippen LogP contribution >= 0.6 is 0 Å². The van der Waals surface area contributed by atoms with Crippen molar-refractivity contribution in [3.05, 3.63) is 226 Å². The van der Waals surface area contributed by atoms with E-state index < -0.39 is 61.4 Å². The SMILES string of the molecule is [N-]=[N+]=NCCCO[C@H]1O[C@H](COCc2ccccc2)[C@@H](O[C@@H]2OC(COCc3ccccc3)[C@H](O)[C@H](OCc3ccccc3)C2OCc2ccccc2)C(OCc2ccccc2)C1OCc1ccccc1. The topological polar surface area (TPSA) is 161 Å². The van der Waals surface area contributed by atoms with E-state index in [0.29, 0.717) is 19.6 Å². The van der Waals surface area contributed by atoms with Gasteiger partial charge in [-0.15, -0.1) is 0 Å². The van der Waals surface area contributed by atoms with Gasteiger partial charge in [0.25, 0.3) is 0 Å². The van der Waals surface area contributed by atoms with Gasteiger partial charge in [0.15, 0.2) is 12.6 Å². The van der Waals surface area contributed by atoms with Gasteiger partial charge in [0.2, 0.25) is 0 Å². The van der Waals surface area contributed by atoms with Crippen molar-refractivity contribution < 1.29 is 52.5 Å². The Labute approximate surface area is 415 Å². The number of nitrogens with zero attached hydrogens (tertiary/aromatic N) is 3. The summed E-state index contributed by atoms with van der Waals surface area (Å²) >= 11 is 0. The van der Waals surface area contributed by atoms with Gasteiger partial charge in [-0.2, -0.15) is 0 Å². The summed E-state index contributed by atoms with van der Waals surface area (Å²) in [5.41, 5.74) is 14.6. The van der Waals surface area contributed by atoms with Crippen molar-refractivity contribution in [2.45, 2.75) is 107 Å². The Morgan fingerprint density at radius 2 is 0.789 bits per heavy atom. The largest absolute Gasteiger partial charge is 0.387 e. The van der Waals surface area contributed by atoms with Crippen LogP contribution in [0.2, 0.25) is 0 Å². The van der Waals surface area contributed by atoms with Crippen LogP contribution in [-0.4, -0.2) is 92.9 Å². The molecule has 0 aromatic heterocycles. The third-order valence-electron chi connectivity index (χ3n) is 12.2. The number of benzene rings is 6. The lowest BCUT2D eigenvalue weighted by atomic mass is 9.96.